The number of carbonyl (C=O) groups is 1. The summed E-state index contributed by atoms with van der Waals surface area (Å²) in [5.41, 5.74) is -0.991. The van der Waals surface area contributed by atoms with E-state index in [0.717, 1.165) is 12.8 Å². The summed E-state index contributed by atoms with van der Waals surface area (Å²) in [6.45, 7) is 0. The number of H-pyrrole nitrogens is 1. The SMILES string of the molecule is O=C(O)c1cn2nc(C3CC3)nc2[nH]c1=O. The first kappa shape index (κ1) is 9.08. The standard InChI is InChI=1S/C9H8N4O3/c14-7-5(8(15)16)3-13-9(11-7)10-6(12-13)4-1-2-4/h3-4H,1-2H2,(H,15,16)(H,10,11,12,14). The second-order valence-electron chi connectivity index (χ2n) is 3.81. The van der Waals surface area contributed by atoms with Gasteiger partial charge in [-0.3, -0.25) is 9.78 Å². The van der Waals surface area contributed by atoms with Crippen LogP contribution in [0.4, 0.5) is 0 Å². The first-order valence-corrected chi connectivity index (χ1v) is 4.88. The largest absolute Gasteiger partial charge is 0.477 e. The van der Waals surface area contributed by atoms with Crippen LogP contribution in [0.25, 0.3) is 5.78 Å². The molecule has 16 heavy (non-hydrogen) atoms. The van der Waals surface area contributed by atoms with Crippen molar-refractivity contribution >= 4 is 11.7 Å². The number of hydrogen-bond acceptors (Lipinski definition) is 4. The number of aromatic carboxylic acids is 1. The zero-order valence-corrected chi connectivity index (χ0v) is 8.17. The molecule has 0 aromatic carbocycles. The Labute approximate surface area is 88.7 Å². The van der Waals surface area contributed by atoms with Crippen LogP contribution >= 0.6 is 0 Å². The van der Waals surface area contributed by atoms with Gasteiger partial charge in [0.25, 0.3) is 5.56 Å². The van der Waals surface area contributed by atoms with Crippen LogP contribution in [0.3, 0.4) is 0 Å². The molecule has 0 atom stereocenters. The van der Waals surface area contributed by atoms with Crippen molar-refractivity contribution in [1.82, 2.24) is 19.6 Å². The van der Waals surface area contributed by atoms with Gasteiger partial charge in [0, 0.05) is 5.92 Å². The summed E-state index contributed by atoms with van der Waals surface area (Å²) in [4.78, 5) is 28.6. The molecule has 1 aliphatic carbocycles. The summed E-state index contributed by atoms with van der Waals surface area (Å²) in [6, 6.07) is 0. The Hall–Kier alpha value is -2.18. The zero-order chi connectivity index (χ0) is 11.3. The van der Waals surface area contributed by atoms with E-state index in [0.29, 0.717) is 11.7 Å². The van der Waals surface area contributed by atoms with Gasteiger partial charge in [0.2, 0.25) is 5.78 Å². The lowest BCUT2D eigenvalue weighted by atomic mass is 10.3. The molecule has 3 rings (SSSR count). The van der Waals surface area contributed by atoms with Crippen LogP contribution in [0, 0.1) is 0 Å². The number of fused-ring (bicyclic) bond motifs is 1. The third kappa shape index (κ3) is 1.28. The lowest BCUT2D eigenvalue weighted by Crippen LogP contribution is -2.19. The molecule has 7 nitrogen and oxygen atoms in total. The molecule has 0 unspecified atom stereocenters. The zero-order valence-electron chi connectivity index (χ0n) is 8.17. The number of carboxylic acids is 1. The summed E-state index contributed by atoms with van der Waals surface area (Å²) in [7, 11) is 0. The van der Waals surface area contributed by atoms with E-state index in [-0.39, 0.29) is 11.3 Å². The van der Waals surface area contributed by atoms with Crippen LogP contribution in [0.2, 0.25) is 0 Å². The monoisotopic (exact) mass is 220 g/mol. The molecule has 1 fully saturated rings. The third-order valence-electron chi connectivity index (χ3n) is 2.54. The first-order chi connectivity index (χ1) is 7.65. The van der Waals surface area contributed by atoms with E-state index < -0.39 is 11.5 Å². The number of aromatic amines is 1. The molecule has 2 aromatic heterocycles. The Balaban J connectivity index is 2.23. The number of aromatic nitrogens is 4. The molecule has 0 amide bonds. The van der Waals surface area contributed by atoms with Gasteiger partial charge in [-0.25, -0.2) is 9.31 Å². The van der Waals surface area contributed by atoms with Gasteiger partial charge in [0.15, 0.2) is 5.82 Å². The lowest BCUT2D eigenvalue weighted by Gasteiger charge is -1.93. The van der Waals surface area contributed by atoms with Crippen LogP contribution in [-0.2, 0) is 0 Å². The average molecular weight is 220 g/mol. The molecular weight excluding hydrogens is 212 g/mol. The van der Waals surface area contributed by atoms with Crippen molar-refractivity contribution in [2.45, 2.75) is 18.8 Å². The Kier molecular flexibility index (Phi) is 1.65. The number of nitrogens with zero attached hydrogens (tertiary/aromatic N) is 3. The highest BCUT2D eigenvalue weighted by atomic mass is 16.4. The summed E-state index contributed by atoms with van der Waals surface area (Å²) < 4.78 is 1.30. The highest BCUT2D eigenvalue weighted by Crippen LogP contribution is 2.37. The fourth-order valence-corrected chi connectivity index (χ4v) is 1.53. The van der Waals surface area contributed by atoms with Crippen molar-refractivity contribution in [3.05, 3.63) is 27.9 Å². The van der Waals surface area contributed by atoms with Gasteiger partial charge in [-0.1, -0.05) is 0 Å². The fourth-order valence-electron chi connectivity index (χ4n) is 1.53. The normalized spacial score (nSPS) is 15.5. The summed E-state index contributed by atoms with van der Waals surface area (Å²) in [6.07, 6.45) is 3.29. The molecule has 0 bridgehead atoms. The molecule has 0 saturated heterocycles. The molecule has 0 spiro atoms. The number of hydrogen-bond donors (Lipinski definition) is 2. The van der Waals surface area contributed by atoms with Crippen LogP contribution in [0.1, 0.15) is 34.9 Å². The Morgan fingerprint density at radius 2 is 2.31 bits per heavy atom. The van der Waals surface area contributed by atoms with Crippen molar-refractivity contribution in [3.8, 4) is 0 Å². The van der Waals surface area contributed by atoms with Crippen LogP contribution in [0.5, 0.6) is 0 Å². The highest BCUT2D eigenvalue weighted by molar-refractivity contribution is 5.86. The van der Waals surface area contributed by atoms with Gasteiger partial charge in [-0.2, -0.15) is 4.98 Å². The van der Waals surface area contributed by atoms with Crippen LogP contribution in [0.15, 0.2) is 11.0 Å². The van der Waals surface area contributed by atoms with Gasteiger partial charge in [-0.15, -0.1) is 5.10 Å². The molecule has 7 heteroatoms. The van der Waals surface area contributed by atoms with E-state index in [2.05, 4.69) is 15.1 Å². The molecule has 2 aromatic rings. The van der Waals surface area contributed by atoms with E-state index in [4.69, 9.17) is 5.11 Å². The molecular formula is C9H8N4O3. The fraction of sp³-hybridized carbons (Fsp3) is 0.333. The van der Waals surface area contributed by atoms with Gasteiger partial charge in [-0.05, 0) is 12.8 Å². The topological polar surface area (TPSA) is 100 Å². The van der Waals surface area contributed by atoms with Crippen molar-refractivity contribution < 1.29 is 9.90 Å². The lowest BCUT2D eigenvalue weighted by molar-refractivity contribution is 0.0694. The van der Waals surface area contributed by atoms with Gasteiger partial charge in [0.05, 0.1) is 6.20 Å². The molecule has 0 radical (unpaired) electrons. The van der Waals surface area contributed by atoms with Crippen LogP contribution in [-0.4, -0.2) is 30.7 Å². The van der Waals surface area contributed by atoms with Gasteiger partial charge in [0.1, 0.15) is 5.56 Å². The smallest absolute Gasteiger partial charge is 0.342 e. The minimum Gasteiger partial charge on any atom is -0.477 e. The Bertz CT molecular complexity index is 638. The maximum atomic E-state index is 11.4. The minimum atomic E-state index is -1.27. The van der Waals surface area contributed by atoms with Crippen molar-refractivity contribution in [2.75, 3.05) is 0 Å². The molecule has 82 valence electrons. The van der Waals surface area contributed by atoms with Crippen molar-refractivity contribution in [3.63, 3.8) is 0 Å². The predicted octanol–water partition coefficient (Wildman–Crippen LogP) is -0.00680. The molecule has 1 saturated carbocycles. The molecule has 1 aliphatic rings. The number of nitrogens with one attached hydrogen (secondary N) is 1. The van der Waals surface area contributed by atoms with Crippen LogP contribution < -0.4 is 5.56 Å². The maximum Gasteiger partial charge on any atom is 0.342 e. The number of carboxylic acid groups (broad SMARTS) is 1. The third-order valence-corrected chi connectivity index (χ3v) is 2.54. The minimum absolute atomic E-state index is 0.289. The highest BCUT2D eigenvalue weighted by Gasteiger charge is 2.28. The number of rotatable bonds is 2. The first-order valence-electron chi connectivity index (χ1n) is 4.88. The van der Waals surface area contributed by atoms with E-state index in [1.807, 2.05) is 0 Å². The average Bonchev–Trinajstić information content (AvgIpc) is 2.98. The molecule has 0 aliphatic heterocycles. The van der Waals surface area contributed by atoms with Crippen molar-refractivity contribution in [1.29, 1.82) is 0 Å². The Morgan fingerprint density at radius 1 is 1.56 bits per heavy atom. The predicted molar refractivity (Wildman–Crippen MR) is 52.5 cm³/mol. The van der Waals surface area contributed by atoms with E-state index in [1.54, 1.807) is 0 Å². The maximum absolute atomic E-state index is 11.4. The van der Waals surface area contributed by atoms with Gasteiger partial charge < -0.3 is 5.11 Å². The van der Waals surface area contributed by atoms with E-state index >= 15 is 0 Å². The van der Waals surface area contributed by atoms with Gasteiger partial charge >= 0.3 is 5.97 Å². The summed E-state index contributed by atoms with van der Waals surface area (Å²) in [5, 5.41) is 12.9. The second-order valence-corrected chi connectivity index (χ2v) is 3.81. The van der Waals surface area contributed by atoms with E-state index in [9.17, 15) is 9.59 Å². The Morgan fingerprint density at radius 3 is 2.94 bits per heavy atom. The molecule has 2 N–H and O–H groups in total. The van der Waals surface area contributed by atoms with Crippen molar-refractivity contribution in [2.24, 2.45) is 0 Å². The summed E-state index contributed by atoms with van der Waals surface area (Å²) >= 11 is 0. The quantitative estimate of drug-likeness (QED) is 0.741. The molecule has 2 heterocycles. The summed E-state index contributed by atoms with van der Waals surface area (Å²) in [5.74, 6) is 0.0402. The second kappa shape index (κ2) is 2.91. The van der Waals surface area contributed by atoms with E-state index in [1.165, 1.54) is 10.7 Å².